The van der Waals surface area contributed by atoms with Crippen LogP contribution in [0.3, 0.4) is 0 Å². The fraction of sp³-hybridized carbons (Fsp3) is 0. The standard InChI is InChI=1S/C42H24N2O/c1-4-18-35-27(10-1)30-14-7-13-26(25-22-23-39-34(24-25)29-12-3-6-21-38(29)45-39)40(30)43(35)37-20-9-17-33-32-16-8-15-31-28-11-2-5-19-36(28)44(41(31)32)42(33)37/h1-24H. The van der Waals surface area contributed by atoms with Crippen LogP contribution in [-0.2, 0) is 0 Å². The summed E-state index contributed by atoms with van der Waals surface area (Å²) in [4.78, 5) is 0. The lowest BCUT2D eigenvalue weighted by atomic mass is 10.00. The Bertz CT molecular complexity index is 2990. The molecule has 0 spiro atoms. The highest BCUT2D eigenvalue weighted by atomic mass is 16.3. The van der Waals surface area contributed by atoms with Gasteiger partial charge in [0.2, 0.25) is 0 Å². The largest absolute Gasteiger partial charge is 0.456 e. The molecular formula is C42H24N2O. The summed E-state index contributed by atoms with van der Waals surface area (Å²) in [6, 6.07) is 52.8. The van der Waals surface area contributed by atoms with Crippen LogP contribution in [0, 0.1) is 0 Å². The number of nitrogens with zero attached hydrogens (tertiary/aromatic N) is 2. The molecule has 0 fully saturated rings. The quantitative estimate of drug-likeness (QED) is 0.202. The number of fused-ring (bicyclic) bond motifs is 12. The minimum Gasteiger partial charge on any atom is -0.456 e. The normalized spacial score (nSPS) is 12.4. The lowest BCUT2D eigenvalue weighted by molar-refractivity contribution is 0.669. The first kappa shape index (κ1) is 23.4. The van der Waals surface area contributed by atoms with Crippen molar-refractivity contribution in [2.45, 2.75) is 0 Å². The van der Waals surface area contributed by atoms with Crippen molar-refractivity contribution in [3.63, 3.8) is 0 Å². The Hall–Kier alpha value is -6.06. The van der Waals surface area contributed by atoms with Crippen LogP contribution in [0.25, 0.3) is 98.7 Å². The summed E-state index contributed by atoms with van der Waals surface area (Å²) in [5.74, 6) is 0. The maximum atomic E-state index is 6.20. The van der Waals surface area contributed by atoms with Gasteiger partial charge in [0.15, 0.2) is 0 Å². The van der Waals surface area contributed by atoms with E-state index in [0.29, 0.717) is 0 Å². The van der Waals surface area contributed by atoms with Crippen LogP contribution < -0.4 is 0 Å². The summed E-state index contributed by atoms with van der Waals surface area (Å²) in [6.07, 6.45) is 0. The van der Waals surface area contributed by atoms with Crippen molar-refractivity contribution in [2.24, 2.45) is 0 Å². The molecule has 208 valence electrons. The molecular weight excluding hydrogens is 548 g/mol. The lowest BCUT2D eigenvalue weighted by Crippen LogP contribution is -1.98. The third kappa shape index (κ3) is 2.90. The zero-order chi connectivity index (χ0) is 29.2. The molecule has 0 aliphatic heterocycles. The predicted octanol–water partition coefficient (Wildman–Crippen LogP) is 11.5. The molecule has 0 atom stereocenters. The summed E-state index contributed by atoms with van der Waals surface area (Å²) in [5.41, 5.74) is 11.6. The molecule has 0 aliphatic rings. The second kappa shape index (κ2) is 8.31. The Morgan fingerprint density at radius 3 is 1.80 bits per heavy atom. The van der Waals surface area contributed by atoms with Crippen molar-refractivity contribution in [1.29, 1.82) is 0 Å². The van der Waals surface area contributed by atoms with Gasteiger partial charge in [0.1, 0.15) is 11.2 Å². The van der Waals surface area contributed by atoms with Gasteiger partial charge in [-0.25, -0.2) is 0 Å². The molecule has 0 radical (unpaired) electrons. The highest BCUT2D eigenvalue weighted by Crippen LogP contribution is 2.44. The van der Waals surface area contributed by atoms with E-state index in [1.165, 1.54) is 76.7 Å². The van der Waals surface area contributed by atoms with Gasteiger partial charge in [-0.15, -0.1) is 0 Å². The molecule has 45 heavy (non-hydrogen) atoms. The average molecular weight is 573 g/mol. The molecule has 0 saturated carbocycles. The Morgan fingerprint density at radius 2 is 0.956 bits per heavy atom. The molecule has 7 aromatic carbocycles. The van der Waals surface area contributed by atoms with E-state index < -0.39 is 0 Å². The molecule has 4 heterocycles. The second-order valence-electron chi connectivity index (χ2n) is 12.1. The first-order chi connectivity index (χ1) is 22.3. The highest BCUT2D eigenvalue weighted by molar-refractivity contribution is 6.25. The monoisotopic (exact) mass is 572 g/mol. The van der Waals surface area contributed by atoms with Gasteiger partial charge in [-0.1, -0.05) is 109 Å². The zero-order valence-electron chi connectivity index (χ0n) is 24.2. The molecule has 0 bridgehead atoms. The lowest BCUT2D eigenvalue weighted by Gasteiger charge is -2.14. The number of benzene rings is 7. The van der Waals surface area contributed by atoms with Gasteiger partial charge in [-0.3, -0.25) is 0 Å². The molecule has 0 saturated heterocycles. The molecule has 11 aromatic rings. The van der Waals surface area contributed by atoms with Crippen molar-refractivity contribution in [1.82, 2.24) is 8.97 Å². The maximum Gasteiger partial charge on any atom is 0.135 e. The zero-order valence-corrected chi connectivity index (χ0v) is 24.2. The van der Waals surface area contributed by atoms with Crippen LogP contribution in [0.5, 0.6) is 0 Å². The Morgan fingerprint density at radius 1 is 0.378 bits per heavy atom. The van der Waals surface area contributed by atoms with Crippen LogP contribution in [0.1, 0.15) is 0 Å². The molecule has 0 unspecified atom stereocenters. The molecule has 0 amide bonds. The first-order valence-electron chi connectivity index (χ1n) is 15.5. The number of rotatable bonds is 2. The SMILES string of the molecule is c1ccc2c(c1)oc1ccc(-c3cccc4c5ccccc5n(-c5cccc6c7cccc8c9ccccc9n(c56)c87)c34)cc12. The maximum absolute atomic E-state index is 6.20. The molecule has 3 heteroatoms. The summed E-state index contributed by atoms with van der Waals surface area (Å²) in [7, 11) is 0. The van der Waals surface area contributed by atoms with Crippen LogP contribution in [0.2, 0.25) is 0 Å². The van der Waals surface area contributed by atoms with Gasteiger partial charge >= 0.3 is 0 Å². The van der Waals surface area contributed by atoms with Crippen LogP contribution in [-0.4, -0.2) is 8.97 Å². The third-order valence-corrected chi connectivity index (χ3v) is 9.85. The van der Waals surface area contributed by atoms with E-state index >= 15 is 0 Å². The summed E-state index contributed by atoms with van der Waals surface area (Å²) < 4.78 is 11.2. The minimum atomic E-state index is 0.912. The van der Waals surface area contributed by atoms with Crippen molar-refractivity contribution in [2.75, 3.05) is 0 Å². The van der Waals surface area contributed by atoms with E-state index in [1.807, 2.05) is 12.1 Å². The number of aromatic nitrogens is 2. The van der Waals surface area contributed by atoms with Gasteiger partial charge in [0, 0.05) is 48.7 Å². The second-order valence-corrected chi connectivity index (χ2v) is 12.1. The van der Waals surface area contributed by atoms with Gasteiger partial charge < -0.3 is 13.4 Å². The topological polar surface area (TPSA) is 22.5 Å². The minimum absolute atomic E-state index is 0.912. The van der Waals surface area contributed by atoms with Crippen molar-refractivity contribution in [3.8, 4) is 16.8 Å². The van der Waals surface area contributed by atoms with E-state index in [9.17, 15) is 0 Å². The van der Waals surface area contributed by atoms with E-state index in [1.54, 1.807) is 0 Å². The van der Waals surface area contributed by atoms with Crippen LogP contribution in [0.15, 0.2) is 150 Å². The fourth-order valence-electron chi connectivity index (χ4n) is 8.03. The van der Waals surface area contributed by atoms with E-state index in [-0.39, 0.29) is 0 Å². The average Bonchev–Trinajstić information content (AvgIpc) is 3.83. The summed E-state index contributed by atoms with van der Waals surface area (Å²) in [6.45, 7) is 0. The van der Waals surface area contributed by atoms with Crippen LogP contribution >= 0.6 is 0 Å². The number of hydrogen-bond acceptors (Lipinski definition) is 1. The summed E-state index contributed by atoms with van der Waals surface area (Å²) in [5, 5.41) is 9.93. The van der Waals surface area contributed by atoms with Crippen molar-refractivity contribution < 1.29 is 4.42 Å². The van der Waals surface area contributed by atoms with Gasteiger partial charge in [-0.05, 0) is 42.0 Å². The molecule has 3 nitrogen and oxygen atoms in total. The molecule has 0 aliphatic carbocycles. The number of para-hydroxylation sites is 6. The van der Waals surface area contributed by atoms with Gasteiger partial charge in [0.05, 0.1) is 33.3 Å². The predicted molar refractivity (Wildman–Crippen MR) is 188 cm³/mol. The van der Waals surface area contributed by atoms with E-state index in [4.69, 9.17) is 4.42 Å². The first-order valence-corrected chi connectivity index (χ1v) is 15.5. The Labute approximate surface area is 257 Å². The fourth-order valence-corrected chi connectivity index (χ4v) is 8.03. The van der Waals surface area contributed by atoms with E-state index in [2.05, 4.69) is 142 Å². The molecule has 0 N–H and O–H groups in total. The Balaban J connectivity index is 1.32. The van der Waals surface area contributed by atoms with E-state index in [0.717, 1.165) is 21.9 Å². The highest BCUT2D eigenvalue weighted by Gasteiger charge is 2.23. The Kier molecular flexibility index (Phi) is 4.32. The smallest absolute Gasteiger partial charge is 0.135 e. The molecule has 4 aromatic heterocycles. The number of hydrogen-bond donors (Lipinski definition) is 0. The van der Waals surface area contributed by atoms with Crippen molar-refractivity contribution >= 4 is 81.8 Å². The summed E-state index contributed by atoms with van der Waals surface area (Å²) >= 11 is 0. The van der Waals surface area contributed by atoms with Gasteiger partial charge in [0.25, 0.3) is 0 Å². The van der Waals surface area contributed by atoms with Crippen molar-refractivity contribution in [3.05, 3.63) is 146 Å². The van der Waals surface area contributed by atoms with Gasteiger partial charge in [-0.2, -0.15) is 0 Å². The number of furan rings is 1. The van der Waals surface area contributed by atoms with Crippen LogP contribution in [0.4, 0.5) is 0 Å². The third-order valence-electron chi connectivity index (χ3n) is 9.85. The molecule has 11 rings (SSSR count).